The molecule has 0 spiro atoms. The van der Waals surface area contributed by atoms with Crippen LogP contribution in [0.3, 0.4) is 0 Å². The molecule has 0 radical (unpaired) electrons. The third-order valence-corrected chi connectivity index (χ3v) is 7.33. The summed E-state index contributed by atoms with van der Waals surface area (Å²) in [5.74, 6) is 0.873. The van der Waals surface area contributed by atoms with Crippen LogP contribution in [0.25, 0.3) is 50.3 Å². The SMILES string of the molecule is Cc1cn(-c2cccc3[nH]c(-c4n[nH]c5ccc(-c6cncc(NC(=O)C7CCCC7)c6)cc45)nc23)cn1. The predicted molar refractivity (Wildman–Crippen MR) is 147 cm³/mol. The van der Waals surface area contributed by atoms with Gasteiger partial charge in [0, 0.05) is 29.3 Å². The van der Waals surface area contributed by atoms with Gasteiger partial charge in [-0.25, -0.2) is 9.97 Å². The molecule has 0 bridgehead atoms. The second kappa shape index (κ2) is 8.95. The normalized spacial score (nSPS) is 14.0. The molecule has 0 unspecified atom stereocenters. The van der Waals surface area contributed by atoms with E-state index >= 15 is 0 Å². The molecule has 7 rings (SSSR count). The Labute approximate surface area is 218 Å². The van der Waals surface area contributed by atoms with Gasteiger partial charge in [0.05, 0.1) is 40.6 Å². The molecule has 38 heavy (non-hydrogen) atoms. The van der Waals surface area contributed by atoms with E-state index in [1.807, 2.05) is 60.3 Å². The Morgan fingerprint density at radius 3 is 2.79 bits per heavy atom. The Balaban J connectivity index is 1.24. The largest absolute Gasteiger partial charge is 0.336 e. The molecule has 9 nitrogen and oxygen atoms in total. The van der Waals surface area contributed by atoms with Crippen LogP contribution in [-0.2, 0) is 4.79 Å². The number of aryl methyl sites for hydroxylation is 1. The van der Waals surface area contributed by atoms with Crippen LogP contribution in [0.1, 0.15) is 31.4 Å². The van der Waals surface area contributed by atoms with Crippen LogP contribution >= 0.6 is 0 Å². The molecule has 2 aromatic carbocycles. The van der Waals surface area contributed by atoms with E-state index in [2.05, 4.69) is 36.5 Å². The number of H-pyrrole nitrogens is 2. The summed E-state index contributed by atoms with van der Waals surface area (Å²) in [6, 6.07) is 14.1. The number of fused-ring (bicyclic) bond motifs is 2. The van der Waals surface area contributed by atoms with E-state index in [1.54, 1.807) is 12.5 Å². The number of carbonyl (C=O) groups is 1. The standard InChI is InChI=1S/C29H26N8O/c1-17-15-37(16-31-17)25-8-4-7-24-27(25)34-28(33-24)26-22-12-19(9-10-23(22)35-36-26)20-11-21(14-30-13-20)32-29(38)18-5-2-3-6-18/h4,7-16,18H,2-3,5-6H2,1H3,(H,32,38)(H,33,34)(H,35,36). The minimum Gasteiger partial charge on any atom is -0.336 e. The first-order chi connectivity index (χ1) is 18.6. The maximum Gasteiger partial charge on any atom is 0.227 e. The van der Waals surface area contributed by atoms with Crippen LogP contribution in [0.4, 0.5) is 5.69 Å². The predicted octanol–water partition coefficient (Wildman–Crippen LogP) is 5.79. The highest BCUT2D eigenvalue weighted by Crippen LogP contribution is 2.32. The number of rotatable bonds is 5. The number of para-hydroxylation sites is 1. The monoisotopic (exact) mass is 502 g/mol. The molecule has 3 N–H and O–H groups in total. The van der Waals surface area contributed by atoms with Gasteiger partial charge >= 0.3 is 0 Å². The van der Waals surface area contributed by atoms with Crippen LogP contribution in [0.15, 0.2) is 67.4 Å². The van der Waals surface area contributed by atoms with E-state index < -0.39 is 0 Å². The minimum absolute atomic E-state index is 0.0872. The number of pyridine rings is 1. The maximum absolute atomic E-state index is 12.6. The van der Waals surface area contributed by atoms with Crippen molar-refractivity contribution >= 4 is 33.5 Å². The van der Waals surface area contributed by atoms with Gasteiger partial charge < -0.3 is 14.9 Å². The van der Waals surface area contributed by atoms with Gasteiger partial charge in [-0.2, -0.15) is 5.10 Å². The zero-order chi connectivity index (χ0) is 25.6. The fraction of sp³-hybridized carbons (Fsp3) is 0.207. The second-order valence-electron chi connectivity index (χ2n) is 9.95. The molecular formula is C29H26N8O. The van der Waals surface area contributed by atoms with Crippen LogP contribution in [0.5, 0.6) is 0 Å². The summed E-state index contributed by atoms with van der Waals surface area (Å²) in [6.07, 6.45) is 11.5. The number of benzene rings is 2. The number of hydrogen-bond donors (Lipinski definition) is 3. The maximum atomic E-state index is 12.6. The first-order valence-corrected chi connectivity index (χ1v) is 12.9. The van der Waals surface area contributed by atoms with Crippen LogP contribution in [0.2, 0.25) is 0 Å². The smallest absolute Gasteiger partial charge is 0.227 e. The molecule has 0 saturated heterocycles. The van der Waals surface area contributed by atoms with Gasteiger partial charge in [-0.1, -0.05) is 25.0 Å². The van der Waals surface area contributed by atoms with Gasteiger partial charge in [-0.15, -0.1) is 0 Å². The Morgan fingerprint density at radius 2 is 1.95 bits per heavy atom. The third kappa shape index (κ3) is 3.92. The van der Waals surface area contributed by atoms with Crippen molar-refractivity contribution in [2.24, 2.45) is 5.92 Å². The van der Waals surface area contributed by atoms with Crippen molar-refractivity contribution in [1.82, 2.24) is 34.7 Å². The number of amides is 1. The average molecular weight is 503 g/mol. The molecule has 6 aromatic rings. The molecule has 1 saturated carbocycles. The number of aromatic amines is 2. The van der Waals surface area contributed by atoms with E-state index in [0.717, 1.165) is 75.8 Å². The summed E-state index contributed by atoms with van der Waals surface area (Å²) in [6.45, 7) is 1.97. The van der Waals surface area contributed by atoms with Crippen molar-refractivity contribution in [3.63, 3.8) is 0 Å². The summed E-state index contributed by atoms with van der Waals surface area (Å²) in [7, 11) is 0. The van der Waals surface area contributed by atoms with E-state index in [4.69, 9.17) is 4.98 Å². The zero-order valence-corrected chi connectivity index (χ0v) is 20.9. The van der Waals surface area contributed by atoms with E-state index in [9.17, 15) is 4.79 Å². The van der Waals surface area contributed by atoms with Crippen LogP contribution in [-0.4, -0.2) is 40.6 Å². The lowest BCUT2D eigenvalue weighted by atomic mass is 10.0. The van der Waals surface area contributed by atoms with Gasteiger partial charge in [0.1, 0.15) is 11.2 Å². The molecular weight excluding hydrogens is 476 g/mol. The van der Waals surface area contributed by atoms with Crippen molar-refractivity contribution in [3.05, 3.63) is 73.1 Å². The first-order valence-electron chi connectivity index (χ1n) is 12.9. The number of hydrogen-bond acceptors (Lipinski definition) is 5. The fourth-order valence-corrected chi connectivity index (χ4v) is 5.36. The molecule has 0 aliphatic heterocycles. The Bertz CT molecular complexity index is 1800. The summed E-state index contributed by atoms with van der Waals surface area (Å²) in [5.41, 5.74) is 7.94. The minimum atomic E-state index is 0.0872. The number of nitrogens with one attached hydrogen (secondary N) is 3. The molecule has 1 amide bonds. The number of carbonyl (C=O) groups excluding carboxylic acids is 1. The van der Waals surface area contributed by atoms with E-state index in [0.29, 0.717) is 11.5 Å². The zero-order valence-electron chi connectivity index (χ0n) is 20.9. The highest BCUT2D eigenvalue weighted by molar-refractivity contribution is 5.97. The summed E-state index contributed by atoms with van der Waals surface area (Å²) in [5, 5.41) is 11.7. The van der Waals surface area contributed by atoms with Crippen molar-refractivity contribution in [2.45, 2.75) is 32.6 Å². The number of anilines is 1. The second-order valence-corrected chi connectivity index (χ2v) is 9.95. The molecule has 4 heterocycles. The molecule has 1 aliphatic carbocycles. The Morgan fingerprint density at radius 1 is 1.05 bits per heavy atom. The van der Waals surface area contributed by atoms with Gasteiger partial charge in [-0.3, -0.25) is 14.9 Å². The highest BCUT2D eigenvalue weighted by Gasteiger charge is 2.23. The Kier molecular flexibility index (Phi) is 5.28. The van der Waals surface area contributed by atoms with Crippen LogP contribution < -0.4 is 5.32 Å². The van der Waals surface area contributed by atoms with Crippen LogP contribution in [0, 0.1) is 12.8 Å². The third-order valence-electron chi connectivity index (χ3n) is 7.33. The van der Waals surface area contributed by atoms with E-state index in [-0.39, 0.29) is 11.8 Å². The summed E-state index contributed by atoms with van der Waals surface area (Å²) >= 11 is 0. The lowest BCUT2D eigenvalue weighted by Gasteiger charge is -2.11. The molecule has 1 aliphatic rings. The molecule has 4 aromatic heterocycles. The van der Waals surface area contributed by atoms with Gasteiger partial charge in [0.2, 0.25) is 5.91 Å². The number of imidazole rings is 2. The summed E-state index contributed by atoms with van der Waals surface area (Å²) in [4.78, 5) is 29.7. The van der Waals surface area contributed by atoms with Crippen molar-refractivity contribution in [1.29, 1.82) is 0 Å². The molecule has 9 heteroatoms. The number of nitrogens with zero attached hydrogens (tertiary/aromatic N) is 5. The molecule has 1 fully saturated rings. The van der Waals surface area contributed by atoms with E-state index in [1.165, 1.54) is 0 Å². The average Bonchev–Trinajstić information content (AvgIpc) is 3.74. The molecule has 188 valence electrons. The lowest BCUT2D eigenvalue weighted by Crippen LogP contribution is -2.20. The fourth-order valence-electron chi connectivity index (χ4n) is 5.36. The quantitative estimate of drug-likeness (QED) is 0.276. The first kappa shape index (κ1) is 22.4. The lowest BCUT2D eigenvalue weighted by molar-refractivity contribution is -0.119. The number of aromatic nitrogens is 7. The topological polar surface area (TPSA) is 117 Å². The van der Waals surface area contributed by atoms with Crippen molar-refractivity contribution in [3.8, 4) is 28.3 Å². The van der Waals surface area contributed by atoms with Gasteiger partial charge in [0.15, 0.2) is 5.82 Å². The van der Waals surface area contributed by atoms with Gasteiger partial charge in [-0.05, 0) is 55.7 Å². The van der Waals surface area contributed by atoms with Crippen molar-refractivity contribution in [2.75, 3.05) is 5.32 Å². The molecule has 0 atom stereocenters. The van der Waals surface area contributed by atoms with Crippen molar-refractivity contribution < 1.29 is 4.79 Å². The van der Waals surface area contributed by atoms with Gasteiger partial charge in [0.25, 0.3) is 0 Å². The highest BCUT2D eigenvalue weighted by atomic mass is 16.1. The Hall–Kier alpha value is -4.79. The summed E-state index contributed by atoms with van der Waals surface area (Å²) < 4.78 is 1.98.